The third-order valence-corrected chi connectivity index (χ3v) is 8.29. The molecular formula is C29H27F3N4O6S. The highest BCUT2D eigenvalue weighted by molar-refractivity contribution is 7.90. The first-order valence-electron chi connectivity index (χ1n) is 13.0. The van der Waals surface area contributed by atoms with Gasteiger partial charge in [-0.15, -0.1) is 0 Å². The number of hydrogen-bond acceptors (Lipinski definition) is 6. The van der Waals surface area contributed by atoms with Gasteiger partial charge in [-0.2, -0.15) is 13.2 Å². The minimum atomic E-state index is -5.08. The predicted octanol–water partition coefficient (Wildman–Crippen LogP) is 4.12. The van der Waals surface area contributed by atoms with Crippen molar-refractivity contribution in [3.8, 4) is 0 Å². The number of imidazole rings is 1. The van der Waals surface area contributed by atoms with Crippen LogP contribution in [0.2, 0.25) is 0 Å². The molecule has 1 aliphatic rings. The van der Waals surface area contributed by atoms with E-state index in [1.54, 1.807) is 12.1 Å². The molecule has 0 saturated carbocycles. The minimum Gasteiger partial charge on any atom is -0.475 e. The first-order valence-corrected chi connectivity index (χ1v) is 14.6. The van der Waals surface area contributed by atoms with Crippen molar-refractivity contribution in [2.75, 3.05) is 0 Å². The van der Waals surface area contributed by atoms with Crippen LogP contribution in [0.25, 0.3) is 11.0 Å². The Kier molecular flexibility index (Phi) is 9.49. The molecule has 2 atom stereocenters. The summed E-state index contributed by atoms with van der Waals surface area (Å²) in [5.41, 5.74) is 4.26. The summed E-state index contributed by atoms with van der Waals surface area (Å²) in [6, 6.07) is 24.3. The lowest BCUT2D eigenvalue weighted by Crippen LogP contribution is -2.31. The molecule has 10 nitrogen and oxygen atoms in total. The molecule has 1 saturated heterocycles. The molecular weight excluding hydrogens is 589 g/mol. The number of carboxylic acids is 1. The van der Waals surface area contributed by atoms with Crippen molar-refractivity contribution in [2.45, 2.75) is 43.2 Å². The highest BCUT2D eigenvalue weighted by Crippen LogP contribution is 2.30. The largest absolute Gasteiger partial charge is 0.490 e. The van der Waals surface area contributed by atoms with Crippen LogP contribution in [0.4, 0.5) is 13.2 Å². The Balaban J connectivity index is 0.000000541. The zero-order valence-corrected chi connectivity index (χ0v) is 23.3. The number of aromatic amines is 1. The number of nitrogens with zero attached hydrogens (tertiary/aromatic N) is 1. The molecule has 3 aromatic carbocycles. The number of H-pyrrole nitrogens is 1. The molecule has 0 bridgehead atoms. The molecule has 0 spiro atoms. The number of amides is 2. The van der Waals surface area contributed by atoms with Gasteiger partial charge in [-0.3, -0.25) is 14.3 Å². The SMILES string of the molecule is O=C(CCc1ccccc1)N[C@@H](Cc1ccc(C2CC(=O)NS2(=O)=O)cc1)c1nc2ccccc2[nH]1.O=C(O)C(F)(F)F. The van der Waals surface area contributed by atoms with Crippen molar-refractivity contribution in [3.63, 3.8) is 0 Å². The molecule has 43 heavy (non-hydrogen) atoms. The molecule has 1 aliphatic heterocycles. The zero-order valence-electron chi connectivity index (χ0n) is 22.5. The van der Waals surface area contributed by atoms with Gasteiger partial charge < -0.3 is 15.4 Å². The number of nitrogens with one attached hydrogen (secondary N) is 3. The molecule has 2 amide bonds. The Hall–Kier alpha value is -4.72. The van der Waals surface area contributed by atoms with Crippen LogP contribution in [0.15, 0.2) is 78.9 Å². The average Bonchev–Trinajstić information content (AvgIpc) is 3.51. The molecule has 4 N–H and O–H groups in total. The van der Waals surface area contributed by atoms with Gasteiger partial charge in [-0.05, 0) is 41.7 Å². The van der Waals surface area contributed by atoms with Crippen molar-refractivity contribution in [2.24, 2.45) is 0 Å². The maximum atomic E-state index is 12.9. The number of aromatic nitrogens is 2. The monoisotopic (exact) mass is 616 g/mol. The summed E-state index contributed by atoms with van der Waals surface area (Å²) in [4.78, 5) is 41.4. The van der Waals surface area contributed by atoms with E-state index in [0.717, 1.165) is 22.2 Å². The van der Waals surface area contributed by atoms with Gasteiger partial charge in [0, 0.05) is 6.42 Å². The molecule has 1 aromatic heterocycles. The van der Waals surface area contributed by atoms with Gasteiger partial charge in [0.15, 0.2) is 0 Å². The summed E-state index contributed by atoms with van der Waals surface area (Å²) in [6.07, 6.45) is -3.72. The lowest BCUT2D eigenvalue weighted by molar-refractivity contribution is -0.192. The summed E-state index contributed by atoms with van der Waals surface area (Å²) in [5.74, 6) is -2.68. The van der Waals surface area contributed by atoms with Crippen LogP contribution >= 0.6 is 0 Å². The Labute approximate surface area is 244 Å². The van der Waals surface area contributed by atoms with Crippen molar-refractivity contribution < 1.29 is 41.1 Å². The van der Waals surface area contributed by atoms with Gasteiger partial charge in [0.2, 0.25) is 21.8 Å². The number of aliphatic carboxylic acids is 1. The molecule has 1 unspecified atom stereocenters. The summed E-state index contributed by atoms with van der Waals surface area (Å²) in [5, 5.41) is 9.36. The number of rotatable bonds is 8. The second-order valence-corrected chi connectivity index (χ2v) is 11.6. The fourth-order valence-corrected chi connectivity index (χ4v) is 5.90. The maximum absolute atomic E-state index is 12.9. The van der Waals surface area contributed by atoms with Crippen LogP contribution in [0.5, 0.6) is 0 Å². The Morgan fingerprint density at radius 1 is 0.977 bits per heavy atom. The molecule has 0 aliphatic carbocycles. The zero-order chi connectivity index (χ0) is 31.2. The van der Waals surface area contributed by atoms with E-state index in [1.165, 1.54) is 0 Å². The van der Waals surface area contributed by atoms with Gasteiger partial charge in [0.25, 0.3) is 0 Å². The number of para-hydroxylation sites is 2. The number of fused-ring (bicyclic) bond motifs is 1. The minimum absolute atomic E-state index is 0.0810. The van der Waals surface area contributed by atoms with Gasteiger partial charge >= 0.3 is 12.1 Å². The number of alkyl halides is 3. The van der Waals surface area contributed by atoms with E-state index >= 15 is 0 Å². The van der Waals surface area contributed by atoms with Gasteiger partial charge in [0.05, 0.1) is 23.5 Å². The molecule has 1 fully saturated rings. The summed E-state index contributed by atoms with van der Waals surface area (Å²) in [7, 11) is -3.70. The van der Waals surface area contributed by atoms with Crippen molar-refractivity contribution in [1.29, 1.82) is 0 Å². The maximum Gasteiger partial charge on any atom is 0.490 e. The van der Waals surface area contributed by atoms with Crippen LogP contribution < -0.4 is 10.0 Å². The van der Waals surface area contributed by atoms with E-state index in [-0.39, 0.29) is 12.3 Å². The fourth-order valence-electron chi connectivity index (χ4n) is 4.47. The molecule has 0 radical (unpaired) electrons. The van der Waals surface area contributed by atoms with Gasteiger partial charge in [-0.1, -0.05) is 66.7 Å². The second kappa shape index (κ2) is 13.1. The first-order chi connectivity index (χ1) is 20.3. The normalized spacial score (nSPS) is 16.5. The number of aryl methyl sites for hydroxylation is 1. The second-order valence-electron chi connectivity index (χ2n) is 9.76. The van der Waals surface area contributed by atoms with Crippen LogP contribution in [0.3, 0.4) is 0 Å². The number of sulfonamides is 1. The molecule has 2 heterocycles. The highest BCUT2D eigenvalue weighted by Gasteiger charge is 2.38. The smallest absolute Gasteiger partial charge is 0.475 e. The van der Waals surface area contributed by atoms with Crippen molar-refractivity contribution >= 4 is 38.8 Å². The number of halogens is 3. The molecule has 4 aromatic rings. The third kappa shape index (κ3) is 8.41. The number of hydrogen-bond donors (Lipinski definition) is 4. The Bertz CT molecular complexity index is 1670. The van der Waals surface area contributed by atoms with Crippen molar-refractivity contribution in [1.82, 2.24) is 20.0 Å². The average molecular weight is 617 g/mol. The molecule has 14 heteroatoms. The molecule has 226 valence electrons. The van der Waals surface area contributed by atoms with Crippen LogP contribution in [-0.2, 0) is 37.2 Å². The topological polar surface area (TPSA) is 158 Å². The van der Waals surface area contributed by atoms with E-state index in [2.05, 4.69) is 10.3 Å². The quantitative estimate of drug-likeness (QED) is 0.232. The summed E-state index contributed by atoms with van der Waals surface area (Å²) in [6.45, 7) is 0. The lowest BCUT2D eigenvalue weighted by atomic mass is 10.0. The lowest BCUT2D eigenvalue weighted by Gasteiger charge is -2.18. The van der Waals surface area contributed by atoms with Gasteiger partial charge in [-0.25, -0.2) is 18.2 Å². The standard InChI is InChI=1S/C27H26N4O4S.C2HF3O2/c32-25(15-12-18-6-2-1-3-7-18)28-23(27-29-21-8-4-5-9-22(21)30-27)16-19-10-13-20(14-11-19)24-17-26(33)31-36(24,34)35;3-2(4,5)1(6)7/h1-11,13-14,23-24H,12,15-17H2,(H,28,32)(H,29,30)(H,31,33);(H,6,7)/t23-,24?;/m0./s1. The third-order valence-electron chi connectivity index (χ3n) is 6.59. The van der Waals surface area contributed by atoms with Gasteiger partial charge in [0.1, 0.15) is 11.1 Å². The summed E-state index contributed by atoms with van der Waals surface area (Å²) < 4.78 is 58.2. The Morgan fingerprint density at radius 3 is 2.19 bits per heavy atom. The van der Waals surface area contributed by atoms with E-state index in [0.29, 0.717) is 30.7 Å². The van der Waals surface area contributed by atoms with E-state index < -0.39 is 39.4 Å². The first kappa shape index (κ1) is 31.2. The van der Waals surface area contributed by atoms with E-state index in [9.17, 15) is 31.2 Å². The van der Waals surface area contributed by atoms with E-state index in [1.807, 2.05) is 71.5 Å². The molecule has 5 rings (SSSR count). The number of benzene rings is 3. The van der Waals surface area contributed by atoms with Crippen LogP contribution in [0.1, 0.15) is 46.6 Å². The Morgan fingerprint density at radius 2 is 1.60 bits per heavy atom. The summed E-state index contributed by atoms with van der Waals surface area (Å²) >= 11 is 0. The highest BCUT2D eigenvalue weighted by atomic mass is 32.2. The van der Waals surface area contributed by atoms with Crippen molar-refractivity contribution in [3.05, 3.63) is 101 Å². The van der Waals surface area contributed by atoms with Crippen LogP contribution in [-0.4, -0.2) is 47.5 Å². The number of carbonyl (C=O) groups excluding carboxylic acids is 2. The number of carboxylic acid groups (broad SMARTS) is 1. The number of carbonyl (C=O) groups is 3. The fraction of sp³-hybridized carbons (Fsp3) is 0.241. The van der Waals surface area contributed by atoms with E-state index in [4.69, 9.17) is 14.9 Å². The van der Waals surface area contributed by atoms with Crippen LogP contribution in [0, 0.1) is 0 Å². The predicted molar refractivity (Wildman–Crippen MR) is 150 cm³/mol.